The van der Waals surface area contributed by atoms with Gasteiger partial charge in [-0.3, -0.25) is 0 Å². The summed E-state index contributed by atoms with van der Waals surface area (Å²) in [6.07, 6.45) is 0. The van der Waals surface area contributed by atoms with Crippen LogP contribution in [-0.2, 0) is 9.84 Å². The van der Waals surface area contributed by atoms with Crippen molar-refractivity contribution in [1.82, 2.24) is 4.98 Å². The maximum absolute atomic E-state index is 12.6. The number of aromatic nitrogens is 1. The average Bonchev–Trinajstić information content (AvgIpc) is 2.78. The Balaban J connectivity index is 2.28. The maximum Gasteiger partial charge on any atom is 0.222 e. The number of nitrogens with one attached hydrogen (secondary N) is 1. The van der Waals surface area contributed by atoms with Crippen molar-refractivity contribution in [2.24, 2.45) is 0 Å². The minimum Gasteiger partial charge on any atom is -0.344 e. The number of benzene rings is 2. The molecule has 0 saturated carbocycles. The van der Waals surface area contributed by atoms with Gasteiger partial charge in [0.2, 0.25) is 9.84 Å². The van der Waals surface area contributed by atoms with E-state index >= 15 is 0 Å². The largest absolute Gasteiger partial charge is 0.344 e. The summed E-state index contributed by atoms with van der Waals surface area (Å²) in [6, 6.07) is 13.5. The second kappa shape index (κ2) is 4.91. The third-order valence-electron chi connectivity index (χ3n) is 2.99. The first-order valence-electron chi connectivity index (χ1n) is 5.77. The first-order chi connectivity index (χ1) is 9.50. The number of hydrogen-bond acceptors (Lipinski definition) is 2. The number of sulfone groups is 1. The van der Waals surface area contributed by atoms with Crippen LogP contribution in [0.1, 0.15) is 0 Å². The highest BCUT2D eigenvalue weighted by Gasteiger charge is 2.24. The van der Waals surface area contributed by atoms with Crippen LogP contribution in [0.2, 0.25) is 5.02 Å². The number of hydrogen-bond donors (Lipinski definition) is 1. The van der Waals surface area contributed by atoms with Crippen molar-refractivity contribution in [2.75, 3.05) is 0 Å². The quantitative estimate of drug-likeness (QED) is 0.726. The van der Waals surface area contributed by atoms with Crippen molar-refractivity contribution in [2.45, 2.75) is 9.92 Å². The molecule has 20 heavy (non-hydrogen) atoms. The molecule has 0 fully saturated rings. The Morgan fingerprint density at radius 2 is 1.75 bits per heavy atom. The standard InChI is InChI=1S/C14H9BrClNO2S/c15-13-11-8-9(16)6-7-12(11)17-14(13)20(18,19)10-4-2-1-3-5-10/h1-8,17H. The molecule has 0 aliphatic carbocycles. The lowest BCUT2D eigenvalue weighted by Crippen LogP contribution is -2.02. The third kappa shape index (κ3) is 2.16. The van der Waals surface area contributed by atoms with Gasteiger partial charge >= 0.3 is 0 Å². The highest BCUT2D eigenvalue weighted by atomic mass is 79.9. The molecule has 0 spiro atoms. The molecule has 0 aliphatic rings. The van der Waals surface area contributed by atoms with E-state index in [-0.39, 0.29) is 9.92 Å². The first-order valence-corrected chi connectivity index (χ1v) is 8.42. The fraction of sp³-hybridized carbons (Fsp3) is 0. The molecule has 3 nitrogen and oxygen atoms in total. The lowest BCUT2D eigenvalue weighted by Gasteiger charge is -2.02. The Hall–Kier alpha value is -1.30. The highest BCUT2D eigenvalue weighted by Crippen LogP contribution is 2.35. The van der Waals surface area contributed by atoms with E-state index in [1.807, 2.05) is 0 Å². The predicted octanol–water partition coefficient (Wildman–Crippen LogP) is 4.42. The van der Waals surface area contributed by atoms with E-state index in [0.29, 0.717) is 9.50 Å². The molecule has 1 heterocycles. The summed E-state index contributed by atoms with van der Waals surface area (Å²) in [7, 11) is -3.59. The van der Waals surface area contributed by atoms with E-state index < -0.39 is 9.84 Å². The molecule has 3 aromatic rings. The van der Waals surface area contributed by atoms with Crippen LogP contribution < -0.4 is 0 Å². The van der Waals surface area contributed by atoms with Crippen LogP contribution in [0, 0.1) is 0 Å². The second-order valence-corrected chi connectivity index (χ2v) is 7.39. The van der Waals surface area contributed by atoms with Gasteiger partial charge in [-0.2, -0.15) is 0 Å². The zero-order chi connectivity index (χ0) is 14.3. The SMILES string of the molecule is O=S(=O)(c1ccccc1)c1[nH]c2ccc(Cl)cc2c1Br. The van der Waals surface area contributed by atoms with Gasteiger partial charge < -0.3 is 4.98 Å². The van der Waals surface area contributed by atoms with Crippen molar-refractivity contribution in [3.8, 4) is 0 Å². The molecule has 0 unspecified atom stereocenters. The van der Waals surface area contributed by atoms with E-state index in [9.17, 15) is 8.42 Å². The van der Waals surface area contributed by atoms with Gasteiger partial charge in [-0.1, -0.05) is 29.8 Å². The highest BCUT2D eigenvalue weighted by molar-refractivity contribution is 9.10. The Bertz CT molecular complexity index is 888. The summed E-state index contributed by atoms with van der Waals surface area (Å²) in [6.45, 7) is 0. The normalized spacial score (nSPS) is 11.9. The van der Waals surface area contributed by atoms with Crippen molar-refractivity contribution in [1.29, 1.82) is 0 Å². The van der Waals surface area contributed by atoms with Crippen LogP contribution >= 0.6 is 27.5 Å². The molecule has 1 N–H and O–H groups in total. The molecular formula is C14H9BrClNO2S. The smallest absolute Gasteiger partial charge is 0.222 e. The Morgan fingerprint density at radius 1 is 1.05 bits per heavy atom. The average molecular weight is 371 g/mol. The van der Waals surface area contributed by atoms with E-state index in [2.05, 4.69) is 20.9 Å². The molecule has 2 aromatic carbocycles. The monoisotopic (exact) mass is 369 g/mol. The lowest BCUT2D eigenvalue weighted by molar-refractivity contribution is 0.593. The molecule has 102 valence electrons. The molecule has 1 aromatic heterocycles. The number of fused-ring (bicyclic) bond motifs is 1. The molecule has 3 rings (SSSR count). The van der Waals surface area contributed by atoms with Gasteiger partial charge in [0.15, 0.2) is 5.03 Å². The molecule has 0 saturated heterocycles. The van der Waals surface area contributed by atoms with Gasteiger partial charge in [0.25, 0.3) is 0 Å². The van der Waals surface area contributed by atoms with Gasteiger partial charge in [-0.05, 0) is 46.3 Å². The van der Waals surface area contributed by atoms with Crippen molar-refractivity contribution in [3.05, 3.63) is 58.0 Å². The van der Waals surface area contributed by atoms with Crippen LogP contribution in [0.5, 0.6) is 0 Å². The molecule has 0 bridgehead atoms. The Morgan fingerprint density at radius 3 is 2.45 bits per heavy atom. The van der Waals surface area contributed by atoms with Crippen LogP contribution in [0.3, 0.4) is 0 Å². The molecule has 0 amide bonds. The zero-order valence-corrected chi connectivity index (χ0v) is 13.3. The van der Waals surface area contributed by atoms with Crippen LogP contribution in [0.15, 0.2) is 62.9 Å². The fourth-order valence-electron chi connectivity index (χ4n) is 2.01. The molecule has 6 heteroatoms. The van der Waals surface area contributed by atoms with Crippen LogP contribution in [0.4, 0.5) is 0 Å². The molecule has 0 aliphatic heterocycles. The number of aromatic amines is 1. The second-order valence-electron chi connectivity index (χ2n) is 4.27. The zero-order valence-electron chi connectivity index (χ0n) is 10.1. The number of halogens is 2. The summed E-state index contributed by atoms with van der Waals surface area (Å²) >= 11 is 9.30. The maximum atomic E-state index is 12.6. The lowest BCUT2D eigenvalue weighted by atomic mass is 10.2. The summed E-state index contributed by atoms with van der Waals surface area (Å²) in [5.74, 6) is 0. The van der Waals surface area contributed by atoms with Gasteiger partial charge in [0, 0.05) is 15.9 Å². The van der Waals surface area contributed by atoms with Crippen LogP contribution in [0.25, 0.3) is 10.9 Å². The number of H-pyrrole nitrogens is 1. The molecule has 0 radical (unpaired) electrons. The summed E-state index contributed by atoms with van der Waals surface area (Å²) in [5.41, 5.74) is 0.718. The van der Waals surface area contributed by atoms with Gasteiger partial charge in [-0.25, -0.2) is 8.42 Å². The summed E-state index contributed by atoms with van der Waals surface area (Å²) < 4.78 is 25.7. The van der Waals surface area contributed by atoms with Gasteiger partial charge in [0.1, 0.15) is 0 Å². The molecule has 0 atom stereocenters. The predicted molar refractivity (Wildman–Crippen MR) is 82.9 cm³/mol. The Labute approximate surface area is 129 Å². The van der Waals surface area contributed by atoms with E-state index in [1.54, 1.807) is 48.5 Å². The summed E-state index contributed by atoms with van der Waals surface area (Å²) in [4.78, 5) is 3.18. The van der Waals surface area contributed by atoms with Gasteiger partial charge in [-0.15, -0.1) is 0 Å². The topological polar surface area (TPSA) is 49.9 Å². The van der Waals surface area contributed by atoms with Crippen molar-refractivity contribution in [3.63, 3.8) is 0 Å². The Kier molecular flexibility index (Phi) is 3.36. The van der Waals surface area contributed by atoms with Crippen molar-refractivity contribution >= 4 is 48.3 Å². The summed E-state index contributed by atoms with van der Waals surface area (Å²) in [5, 5.41) is 1.44. The van der Waals surface area contributed by atoms with Crippen LogP contribution in [-0.4, -0.2) is 13.4 Å². The molecular weight excluding hydrogens is 362 g/mol. The number of rotatable bonds is 2. The van der Waals surface area contributed by atoms with E-state index in [1.165, 1.54) is 0 Å². The van der Waals surface area contributed by atoms with Crippen molar-refractivity contribution < 1.29 is 8.42 Å². The van der Waals surface area contributed by atoms with E-state index in [0.717, 1.165) is 10.9 Å². The van der Waals surface area contributed by atoms with E-state index in [4.69, 9.17) is 11.6 Å². The fourth-order valence-corrected chi connectivity index (χ4v) is 4.59. The third-order valence-corrected chi connectivity index (χ3v) is 6.05. The van der Waals surface area contributed by atoms with Gasteiger partial charge in [0.05, 0.1) is 9.37 Å². The first kappa shape index (κ1) is 13.7. The minimum absolute atomic E-state index is 0.140. The minimum atomic E-state index is -3.59.